The molecule has 0 N–H and O–H groups in total. The van der Waals surface area contributed by atoms with E-state index in [0.29, 0.717) is 18.0 Å². The number of benzene rings is 2. The molecule has 0 aliphatic carbocycles. The average molecular weight is 386 g/mol. The Morgan fingerprint density at radius 1 is 1.07 bits per heavy atom. The molecular weight excluding hydrogens is 362 g/mol. The molecule has 0 saturated carbocycles. The number of nitrogens with zero attached hydrogens (tertiary/aromatic N) is 1. The molecule has 2 amide bonds. The van der Waals surface area contributed by atoms with Crippen LogP contribution < -0.4 is 0 Å². The summed E-state index contributed by atoms with van der Waals surface area (Å²) in [6.07, 6.45) is 0.0812. The molecular formula is C22H24ClNO3. The molecule has 0 spiro atoms. The Hall–Kier alpha value is -2.33. The van der Waals surface area contributed by atoms with E-state index in [1.807, 2.05) is 42.5 Å². The van der Waals surface area contributed by atoms with Crippen molar-refractivity contribution in [3.63, 3.8) is 0 Å². The number of hydrogen-bond acceptors (Lipinski definition) is 3. The molecule has 1 aliphatic heterocycles. The molecule has 0 bridgehead atoms. The van der Waals surface area contributed by atoms with Crippen LogP contribution in [0, 0.1) is 0 Å². The van der Waals surface area contributed by atoms with Gasteiger partial charge in [-0.2, -0.15) is 0 Å². The first kappa shape index (κ1) is 19.4. The largest absolute Gasteiger partial charge is 0.443 e. The number of hydrogen-bond donors (Lipinski definition) is 0. The highest BCUT2D eigenvalue weighted by molar-refractivity contribution is 6.30. The molecule has 1 saturated heterocycles. The Bertz CT molecular complexity index is 829. The molecule has 1 heterocycles. The Kier molecular flexibility index (Phi) is 5.56. The van der Waals surface area contributed by atoms with Gasteiger partial charge in [0.1, 0.15) is 5.60 Å². The SMILES string of the molecule is CC(C)(C)OC(=O)N1CCC(c2ccccc2)C(c2cccc(Cl)c2)C1=O. The van der Waals surface area contributed by atoms with Crippen molar-refractivity contribution in [1.82, 2.24) is 4.90 Å². The number of rotatable bonds is 2. The van der Waals surface area contributed by atoms with Crippen molar-refractivity contribution in [3.05, 3.63) is 70.7 Å². The molecule has 1 aliphatic rings. The molecule has 2 unspecified atom stereocenters. The molecule has 27 heavy (non-hydrogen) atoms. The van der Waals surface area contributed by atoms with E-state index in [1.54, 1.807) is 32.9 Å². The summed E-state index contributed by atoms with van der Waals surface area (Å²) in [7, 11) is 0. The van der Waals surface area contributed by atoms with E-state index in [1.165, 1.54) is 4.90 Å². The van der Waals surface area contributed by atoms with Gasteiger partial charge in [-0.15, -0.1) is 0 Å². The maximum Gasteiger partial charge on any atom is 0.417 e. The summed E-state index contributed by atoms with van der Waals surface area (Å²) in [6.45, 7) is 5.71. The fraction of sp³-hybridized carbons (Fsp3) is 0.364. The van der Waals surface area contributed by atoms with Gasteiger partial charge in [0.25, 0.3) is 0 Å². The second-order valence-corrected chi connectivity index (χ2v) is 8.25. The minimum absolute atomic E-state index is 0.0177. The number of amides is 2. The van der Waals surface area contributed by atoms with E-state index in [4.69, 9.17) is 16.3 Å². The summed E-state index contributed by atoms with van der Waals surface area (Å²) in [6, 6.07) is 17.2. The number of piperidine rings is 1. The molecule has 2 aromatic rings. The Balaban J connectivity index is 1.97. The zero-order valence-corrected chi connectivity index (χ0v) is 16.6. The molecule has 142 valence electrons. The van der Waals surface area contributed by atoms with Gasteiger partial charge in [-0.05, 0) is 50.5 Å². The predicted octanol–water partition coefficient (Wildman–Crippen LogP) is 5.37. The molecule has 4 nitrogen and oxygen atoms in total. The van der Waals surface area contributed by atoms with Crippen LogP contribution in [0.4, 0.5) is 4.79 Å². The lowest BCUT2D eigenvalue weighted by atomic mass is 9.76. The molecule has 2 atom stereocenters. The van der Waals surface area contributed by atoms with E-state index in [-0.39, 0.29) is 11.8 Å². The molecule has 5 heteroatoms. The van der Waals surface area contributed by atoms with E-state index in [9.17, 15) is 9.59 Å². The first-order valence-corrected chi connectivity index (χ1v) is 9.49. The monoisotopic (exact) mass is 385 g/mol. The zero-order chi connectivity index (χ0) is 19.6. The van der Waals surface area contributed by atoms with Crippen molar-refractivity contribution in [2.45, 2.75) is 44.6 Å². The Morgan fingerprint density at radius 3 is 2.37 bits per heavy atom. The third-order valence-electron chi connectivity index (χ3n) is 4.65. The minimum Gasteiger partial charge on any atom is -0.443 e. The molecule has 0 aromatic heterocycles. The molecule has 2 aromatic carbocycles. The standard InChI is InChI=1S/C22H24ClNO3/c1-22(2,3)27-21(26)24-13-12-18(15-8-5-4-6-9-15)19(20(24)25)16-10-7-11-17(23)14-16/h4-11,14,18-19H,12-13H2,1-3H3. The number of ether oxygens (including phenoxy) is 1. The van der Waals surface area contributed by atoms with Crippen molar-refractivity contribution < 1.29 is 14.3 Å². The molecule has 0 radical (unpaired) electrons. The average Bonchev–Trinajstić information content (AvgIpc) is 2.60. The topological polar surface area (TPSA) is 46.6 Å². The van der Waals surface area contributed by atoms with Crippen LogP contribution in [0.25, 0.3) is 0 Å². The molecule has 1 fully saturated rings. The second kappa shape index (κ2) is 7.73. The van der Waals surface area contributed by atoms with Crippen molar-refractivity contribution in [3.8, 4) is 0 Å². The van der Waals surface area contributed by atoms with Gasteiger partial charge in [0.15, 0.2) is 0 Å². The van der Waals surface area contributed by atoms with Gasteiger partial charge in [-0.1, -0.05) is 54.1 Å². The second-order valence-electron chi connectivity index (χ2n) is 7.81. The summed E-state index contributed by atoms with van der Waals surface area (Å²) >= 11 is 6.18. The van der Waals surface area contributed by atoms with Crippen LogP contribution >= 0.6 is 11.6 Å². The zero-order valence-electron chi connectivity index (χ0n) is 15.8. The van der Waals surface area contributed by atoms with Gasteiger partial charge in [0.05, 0.1) is 5.92 Å². The lowest BCUT2D eigenvalue weighted by Crippen LogP contribution is -2.48. The van der Waals surface area contributed by atoms with E-state index >= 15 is 0 Å². The number of halogens is 1. The predicted molar refractivity (Wildman–Crippen MR) is 106 cm³/mol. The minimum atomic E-state index is -0.654. The Labute approximate surface area is 165 Å². The highest BCUT2D eigenvalue weighted by atomic mass is 35.5. The smallest absolute Gasteiger partial charge is 0.417 e. The number of likely N-dealkylation sites (tertiary alicyclic amines) is 1. The summed E-state index contributed by atoms with van der Waals surface area (Å²) in [5.74, 6) is -0.741. The summed E-state index contributed by atoms with van der Waals surface area (Å²) in [5.41, 5.74) is 1.24. The van der Waals surface area contributed by atoms with Crippen LogP contribution in [0.15, 0.2) is 54.6 Å². The summed E-state index contributed by atoms with van der Waals surface area (Å²) in [4.78, 5) is 27.1. The van der Waals surface area contributed by atoms with Gasteiger partial charge < -0.3 is 4.74 Å². The highest BCUT2D eigenvalue weighted by Crippen LogP contribution is 2.41. The summed E-state index contributed by atoms with van der Waals surface area (Å²) < 4.78 is 5.44. The maximum atomic E-state index is 13.3. The normalized spacial score (nSPS) is 20.4. The van der Waals surface area contributed by atoms with Crippen molar-refractivity contribution in [2.75, 3.05) is 6.54 Å². The van der Waals surface area contributed by atoms with E-state index in [0.717, 1.165) is 11.1 Å². The van der Waals surface area contributed by atoms with Crippen molar-refractivity contribution in [1.29, 1.82) is 0 Å². The van der Waals surface area contributed by atoms with Crippen LogP contribution in [0.2, 0.25) is 5.02 Å². The third-order valence-corrected chi connectivity index (χ3v) is 4.88. The van der Waals surface area contributed by atoms with Crippen LogP contribution in [-0.4, -0.2) is 29.0 Å². The van der Waals surface area contributed by atoms with E-state index in [2.05, 4.69) is 0 Å². The van der Waals surface area contributed by atoms with Crippen LogP contribution in [0.5, 0.6) is 0 Å². The van der Waals surface area contributed by atoms with Crippen LogP contribution in [0.1, 0.15) is 50.2 Å². The van der Waals surface area contributed by atoms with Crippen molar-refractivity contribution >= 4 is 23.6 Å². The van der Waals surface area contributed by atoms with Gasteiger partial charge in [0, 0.05) is 17.5 Å². The lowest BCUT2D eigenvalue weighted by Gasteiger charge is -2.38. The van der Waals surface area contributed by atoms with Crippen LogP contribution in [-0.2, 0) is 9.53 Å². The third kappa shape index (κ3) is 4.51. The number of carbonyl (C=O) groups excluding carboxylic acids is 2. The fourth-order valence-electron chi connectivity index (χ4n) is 3.52. The summed E-state index contributed by atoms with van der Waals surface area (Å²) in [5, 5.41) is 0.571. The number of carbonyl (C=O) groups is 2. The van der Waals surface area contributed by atoms with Gasteiger partial charge >= 0.3 is 6.09 Å². The first-order valence-electron chi connectivity index (χ1n) is 9.11. The van der Waals surface area contributed by atoms with E-state index < -0.39 is 17.6 Å². The quantitative estimate of drug-likeness (QED) is 0.697. The van der Waals surface area contributed by atoms with Crippen molar-refractivity contribution in [2.24, 2.45) is 0 Å². The molecule has 3 rings (SSSR count). The lowest BCUT2D eigenvalue weighted by molar-refractivity contribution is -0.134. The van der Waals surface area contributed by atoms with Crippen LogP contribution in [0.3, 0.4) is 0 Å². The highest BCUT2D eigenvalue weighted by Gasteiger charge is 2.42. The fourth-order valence-corrected chi connectivity index (χ4v) is 3.72. The maximum absolute atomic E-state index is 13.3. The van der Waals surface area contributed by atoms with Gasteiger partial charge in [0.2, 0.25) is 5.91 Å². The van der Waals surface area contributed by atoms with Gasteiger partial charge in [-0.3, -0.25) is 4.79 Å². The first-order chi connectivity index (χ1) is 12.8. The van der Waals surface area contributed by atoms with Gasteiger partial charge in [-0.25, -0.2) is 9.69 Å². The number of imide groups is 1. The Morgan fingerprint density at radius 2 is 1.74 bits per heavy atom.